The van der Waals surface area contributed by atoms with Gasteiger partial charge < -0.3 is 9.64 Å². The summed E-state index contributed by atoms with van der Waals surface area (Å²) in [6.07, 6.45) is 8.17. The Bertz CT molecular complexity index is 592. The zero-order valence-electron chi connectivity index (χ0n) is 16.5. The van der Waals surface area contributed by atoms with Crippen LogP contribution in [0.25, 0.3) is 0 Å². The summed E-state index contributed by atoms with van der Waals surface area (Å²) in [5, 5.41) is 0. The molecule has 0 bridgehead atoms. The maximum absolute atomic E-state index is 13.8. The minimum atomic E-state index is -0.429. The molecule has 1 aliphatic heterocycles. The molecule has 1 aromatic carbocycles. The number of halogens is 1. The molecular weight excluding hydrogens is 349 g/mol. The first kappa shape index (κ1) is 21.1. The highest BCUT2D eigenvalue weighted by molar-refractivity contribution is 7.98. The second-order valence-electron chi connectivity index (χ2n) is 8.13. The van der Waals surface area contributed by atoms with Crippen molar-refractivity contribution >= 4 is 17.9 Å². The van der Waals surface area contributed by atoms with Gasteiger partial charge >= 0.3 is 6.09 Å². The number of piperidine rings is 1. The van der Waals surface area contributed by atoms with Crippen molar-refractivity contribution in [3.63, 3.8) is 0 Å². The summed E-state index contributed by atoms with van der Waals surface area (Å²) in [4.78, 5) is 14.6. The minimum Gasteiger partial charge on any atom is -0.444 e. The van der Waals surface area contributed by atoms with Gasteiger partial charge in [0.1, 0.15) is 11.4 Å². The molecule has 0 spiro atoms. The third-order valence-electron chi connectivity index (χ3n) is 4.81. The smallest absolute Gasteiger partial charge is 0.410 e. The summed E-state index contributed by atoms with van der Waals surface area (Å²) >= 11 is 1.44. The molecule has 0 unspecified atom stereocenters. The Morgan fingerprint density at radius 1 is 1.27 bits per heavy atom. The Kier molecular flexibility index (Phi) is 7.81. The Morgan fingerprint density at radius 2 is 1.96 bits per heavy atom. The number of carbonyl (C=O) groups excluding carboxylic acids is 1. The first-order valence-corrected chi connectivity index (χ1v) is 10.8. The van der Waals surface area contributed by atoms with E-state index in [9.17, 15) is 9.18 Å². The molecule has 3 nitrogen and oxygen atoms in total. The number of hydrogen-bond acceptors (Lipinski definition) is 3. The summed E-state index contributed by atoms with van der Waals surface area (Å²) < 4.78 is 19.2. The van der Waals surface area contributed by atoms with Crippen LogP contribution >= 0.6 is 11.8 Å². The van der Waals surface area contributed by atoms with Crippen LogP contribution < -0.4 is 0 Å². The minimum absolute atomic E-state index is 0.107. The van der Waals surface area contributed by atoms with E-state index in [1.54, 1.807) is 6.07 Å². The fourth-order valence-corrected chi connectivity index (χ4v) is 3.82. The number of nitrogens with zero attached hydrogens (tertiary/aromatic N) is 1. The van der Waals surface area contributed by atoms with Gasteiger partial charge in [-0.25, -0.2) is 9.18 Å². The number of likely N-dealkylation sites (tertiary alicyclic amines) is 1. The Hall–Kier alpha value is -1.23. The molecule has 1 amide bonds. The topological polar surface area (TPSA) is 29.5 Å². The Morgan fingerprint density at radius 3 is 2.54 bits per heavy atom. The lowest BCUT2D eigenvalue weighted by Crippen LogP contribution is -2.41. The van der Waals surface area contributed by atoms with Gasteiger partial charge in [-0.2, -0.15) is 0 Å². The largest absolute Gasteiger partial charge is 0.444 e. The third kappa shape index (κ3) is 6.82. The van der Waals surface area contributed by atoms with Crippen molar-refractivity contribution in [1.29, 1.82) is 0 Å². The first-order valence-electron chi connectivity index (χ1n) is 9.59. The van der Waals surface area contributed by atoms with Crippen LogP contribution in [0.1, 0.15) is 58.4 Å². The summed E-state index contributed by atoms with van der Waals surface area (Å²) in [6, 6.07) is 5.58. The number of rotatable bonds is 6. The number of ether oxygens (including phenoxy) is 1. The zero-order valence-corrected chi connectivity index (χ0v) is 17.3. The van der Waals surface area contributed by atoms with Gasteiger partial charge in [0.15, 0.2) is 0 Å². The summed E-state index contributed by atoms with van der Waals surface area (Å²) in [5.74, 6) is 0.578. The number of unbranched alkanes of at least 4 members (excludes halogenated alkanes) is 1. The van der Waals surface area contributed by atoms with Crippen molar-refractivity contribution < 1.29 is 13.9 Å². The normalized spacial score (nSPS) is 16.0. The van der Waals surface area contributed by atoms with Gasteiger partial charge in [0.2, 0.25) is 0 Å². The van der Waals surface area contributed by atoms with E-state index in [0.717, 1.165) is 50.8 Å². The molecule has 2 rings (SSSR count). The number of amides is 1. The standard InChI is InChI=1S/C21H32FNO2S/c1-21(2,3)25-20(24)23-13-11-16(12-14-23)7-5-6-8-17-9-10-19(26-4)18(22)15-17/h9-10,15-16H,5-8,11-14H2,1-4H3. The molecule has 0 aliphatic carbocycles. The quantitative estimate of drug-likeness (QED) is 0.453. The molecule has 146 valence electrons. The van der Waals surface area contributed by atoms with E-state index in [0.29, 0.717) is 10.8 Å². The maximum atomic E-state index is 13.8. The lowest BCUT2D eigenvalue weighted by atomic mass is 9.91. The van der Waals surface area contributed by atoms with Crippen molar-refractivity contribution in [3.05, 3.63) is 29.6 Å². The predicted molar refractivity (Wildman–Crippen MR) is 106 cm³/mol. The molecule has 5 heteroatoms. The second kappa shape index (κ2) is 9.63. The van der Waals surface area contributed by atoms with E-state index in [1.807, 2.05) is 44.1 Å². The van der Waals surface area contributed by atoms with Crippen LogP contribution in [0.5, 0.6) is 0 Å². The van der Waals surface area contributed by atoms with E-state index in [4.69, 9.17) is 4.74 Å². The number of aryl methyl sites for hydroxylation is 1. The molecule has 0 radical (unpaired) electrons. The molecule has 26 heavy (non-hydrogen) atoms. The van der Waals surface area contributed by atoms with Crippen LogP contribution in [0.2, 0.25) is 0 Å². The molecule has 1 fully saturated rings. The fraction of sp³-hybridized carbons (Fsp3) is 0.667. The highest BCUT2D eigenvalue weighted by Crippen LogP contribution is 2.25. The van der Waals surface area contributed by atoms with Gasteiger partial charge in [-0.05, 0) is 76.3 Å². The number of hydrogen-bond donors (Lipinski definition) is 0. The van der Waals surface area contributed by atoms with Gasteiger partial charge in [-0.15, -0.1) is 11.8 Å². The SMILES string of the molecule is CSc1ccc(CCCCC2CCN(C(=O)OC(C)(C)C)CC2)cc1F. The van der Waals surface area contributed by atoms with Crippen LogP contribution in [0, 0.1) is 11.7 Å². The van der Waals surface area contributed by atoms with Gasteiger partial charge in [-0.1, -0.05) is 18.9 Å². The first-order chi connectivity index (χ1) is 12.3. The maximum Gasteiger partial charge on any atom is 0.410 e. The van der Waals surface area contributed by atoms with E-state index < -0.39 is 5.60 Å². The Labute approximate surface area is 161 Å². The van der Waals surface area contributed by atoms with Crippen molar-refractivity contribution in [3.8, 4) is 0 Å². The van der Waals surface area contributed by atoms with E-state index in [2.05, 4.69) is 0 Å². The molecule has 1 heterocycles. The number of carbonyl (C=O) groups is 1. The van der Waals surface area contributed by atoms with E-state index in [-0.39, 0.29) is 11.9 Å². The lowest BCUT2D eigenvalue weighted by molar-refractivity contribution is 0.0180. The second-order valence-corrected chi connectivity index (χ2v) is 8.97. The van der Waals surface area contributed by atoms with Gasteiger partial charge in [0, 0.05) is 18.0 Å². The lowest BCUT2D eigenvalue weighted by Gasteiger charge is -2.33. The van der Waals surface area contributed by atoms with Crippen LogP contribution in [-0.2, 0) is 11.2 Å². The van der Waals surface area contributed by atoms with Crippen LogP contribution in [0.4, 0.5) is 9.18 Å². The molecule has 0 saturated carbocycles. The summed E-state index contributed by atoms with van der Waals surface area (Å²) in [5.41, 5.74) is 0.654. The van der Waals surface area contributed by atoms with E-state index in [1.165, 1.54) is 18.2 Å². The Balaban J connectivity index is 1.64. The molecule has 0 N–H and O–H groups in total. The molecule has 1 saturated heterocycles. The molecular formula is C21H32FNO2S. The zero-order chi connectivity index (χ0) is 19.2. The van der Waals surface area contributed by atoms with Crippen LogP contribution in [0.15, 0.2) is 23.1 Å². The van der Waals surface area contributed by atoms with Crippen LogP contribution in [0.3, 0.4) is 0 Å². The average Bonchev–Trinajstić information content (AvgIpc) is 2.58. The van der Waals surface area contributed by atoms with E-state index >= 15 is 0 Å². The van der Waals surface area contributed by atoms with Gasteiger partial charge in [0.25, 0.3) is 0 Å². The fourth-order valence-electron chi connectivity index (χ4n) is 3.36. The van der Waals surface area contributed by atoms with Crippen molar-refractivity contribution in [1.82, 2.24) is 4.90 Å². The van der Waals surface area contributed by atoms with Crippen molar-refractivity contribution in [2.24, 2.45) is 5.92 Å². The summed E-state index contributed by atoms with van der Waals surface area (Å²) in [6.45, 7) is 7.29. The summed E-state index contributed by atoms with van der Waals surface area (Å²) in [7, 11) is 0. The monoisotopic (exact) mass is 381 g/mol. The van der Waals surface area contributed by atoms with Gasteiger partial charge in [0.05, 0.1) is 0 Å². The molecule has 0 atom stereocenters. The molecule has 0 aromatic heterocycles. The predicted octanol–water partition coefficient (Wildman–Crippen LogP) is 5.91. The number of thioether (sulfide) groups is 1. The third-order valence-corrected chi connectivity index (χ3v) is 5.58. The average molecular weight is 382 g/mol. The number of benzene rings is 1. The van der Waals surface area contributed by atoms with Gasteiger partial charge in [-0.3, -0.25) is 0 Å². The highest BCUT2D eigenvalue weighted by atomic mass is 32.2. The van der Waals surface area contributed by atoms with Crippen molar-refractivity contribution in [2.75, 3.05) is 19.3 Å². The highest BCUT2D eigenvalue weighted by Gasteiger charge is 2.26. The molecule has 1 aromatic rings. The van der Waals surface area contributed by atoms with Crippen molar-refractivity contribution in [2.45, 2.75) is 69.8 Å². The van der Waals surface area contributed by atoms with Crippen LogP contribution in [-0.4, -0.2) is 35.9 Å². The molecule has 1 aliphatic rings.